The van der Waals surface area contributed by atoms with Crippen LogP contribution < -0.4 is 24.8 Å². The summed E-state index contributed by atoms with van der Waals surface area (Å²) < 4.78 is 44.8. The SMILES string of the molecule is C=C[C@@H]1C[C@]1(NC(=O)[C@@H]1C[C@@H](Oc2nccc3cc(OC)ccc23)CN1C(=O)[C@H](CCC(=O)/C=C/C(C)(C)C)NC(=O)OC(C)(C)C)C(=O)NS(=O)(=O)C1CC1. The number of sulfonamides is 1. The Hall–Kier alpha value is -4.99. The number of amides is 4. The molecule has 1 aliphatic heterocycles. The summed E-state index contributed by atoms with van der Waals surface area (Å²) in [4.78, 5) is 74.1. The lowest BCUT2D eigenvalue weighted by Crippen LogP contribution is -2.58. The van der Waals surface area contributed by atoms with Crippen molar-refractivity contribution in [2.24, 2.45) is 11.3 Å². The maximum atomic E-state index is 14.6. The van der Waals surface area contributed by atoms with Gasteiger partial charge < -0.3 is 29.7 Å². The van der Waals surface area contributed by atoms with Crippen LogP contribution in [0, 0.1) is 11.3 Å². The molecule has 5 atom stereocenters. The summed E-state index contributed by atoms with van der Waals surface area (Å²) in [5, 5.41) is 6.12. The Balaban J connectivity index is 1.45. The summed E-state index contributed by atoms with van der Waals surface area (Å²) in [6.07, 6.45) is 5.25. The molecule has 2 heterocycles. The lowest BCUT2D eigenvalue weighted by atomic mass is 9.95. The molecule has 3 aliphatic rings. The van der Waals surface area contributed by atoms with E-state index in [2.05, 4.69) is 26.9 Å². The first kappa shape index (κ1) is 42.2. The smallest absolute Gasteiger partial charge is 0.408 e. The van der Waals surface area contributed by atoms with Gasteiger partial charge in [-0.05, 0) is 87.6 Å². The van der Waals surface area contributed by atoms with E-state index in [1.807, 2.05) is 26.8 Å². The van der Waals surface area contributed by atoms with Gasteiger partial charge in [0, 0.05) is 30.3 Å². The van der Waals surface area contributed by atoms with Gasteiger partial charge in [0.05, 0.1) is 18.9 Å². The van der Waals surface area contributed by atoms with Gasteiger partial charge in [0.25, 0.3) is 5.91 Å². The predicted octanol–water partition coefficient (Wildman–Crippen LogP) is 4.11. The molecule has 3 N–H and O–H groups in total. The summed E-state index contributed by atoms with van der Waals surface area (Å²) in [7, 11) is -2.38. The number of ether oxygens (including phenoxy) is 3. The lowest BCUT2D eigenvalue weighted by Gasteiger charge is -2.30. The molecule has 16 heteroatoms. The van der Waals surface area contributed by atoms with Crippen LogP contribution in [0.4, 0.5) is 4.79 Å². The molecule has 1 aromatic carbocycles. The second-order valence-electron chi connectivity index (χ2n) is 16.8. The van der Waals surface area contributed by atoms with Gasteiger partial charge in [0.15, 0.2) is 5.78 Å². The molecule has 0 radical (unpaired) electrons. The highest BCUT2D eigenvalue weighted by Crippen LogP contribution is 2.45. The molecule has 5 rings (SSSR count). The van der Waals surface area contributed by atoms with Gasteiger partial charge >= 0.3 is 6.09 Å². The Bertz CT molecular complexity index is 2020. The lowest BCUT2D eigenvalue weighted by molar-refractivity contribution is -0.141. The minimum Gasteiger partial charge on any atom is -0.497 e. The van der Waals surface area contributed by atoms with Crippen LogP contribution in [-0.2, 0) is 33.9 Å². The van der Waals surface area contributed by atoms with Crippen molar-refractivity contribution in [3.05, 3.63) is 55.3 Å². The molecular formula is C40H53N5O10S. The van der Waals surface area contributed by atoms with Crippen LogP contribution in [0.2, 0.25) is 0 Å². The highest BCUT2D eigenvalue weighted by molar-refractivity contribution is 7.91. The van der Waals surface area contributed by atoms with E-state index >= 15 is 0 Å². The summed E-state index contributed by atoms with van der Waals surface area (Å²) >= 11 is 0. The van der Waals surface area contributed by atoms with Gasteiger partial charge in [-0.15, -0.1) is 6.58 Å². The molecule has 0 bridgehead atoms. The molecule has 4 amide bonds. The van der Waals surface area contributed by atoms with E-state index in [4.69, 9.17) is 14.2 Å². The maximum absolute atomic E-state index is 14.6. The van der Waals surface area contributed by atoms with Crippen molar-refractivity contribution in [3.8, 4) is 11.6 Å². The van der Waals surface area contributed by atoms with E-state index in [0.29, 0.717) is 24.0 Å². The second kappa shape index (κ2) is 16.2. The van der Waals surface area contributed by atoms with Crippen LogP contribution in [0.3, 0.4) is 0 Å². The summed E-state index contributed by atoms with van der Waals surface area (Å²) in [5.74, 6) is -2.26. The van der Waals surface area contributed by atoms with E-state index in [-0.39, 0.29) is 49.3 Å². The highest BCUT2D eigenvalue weighted by Gasteiger charge is 2.62. The number of ketones is 1. The molecule has 0 spiro atoms. The Morgan fingerprint density at radius 1 is 1.09 bits per heavy atom. The Kier molecular flexibility index (Phi) is 12.2. The summed E-state index contributed by atoms with van der Waals surface area (Å²) in [5.41, 5.74) is -2.77. The fraction of sp³-hybridized carbons (Fsp3) is 0.550. The number of allylic oxidation sites excluding steroid dienone is 2. The molecular weight excluding hydrogens is 743 g/mol. The number of benzene rings is 1. The normalized spacial score (nSPS) is 22.9. The van der Waals surface area contributed by atoms with Crippen LogP contribution in [0.25, 0.3) is 10.8 Å². The van der Waals surface area contributed by atoms with E-state index in [1.54, 1.807) is 58.4 Å². The van der Waals surface area contributed by atoms with Crippen LogP contribution >= 0.6 is 0 Å². The quantitative estimate of drug-likeness (QED) is 0.173. The van der Waals surface area contributed by atoms with Gasteiger partial charge in [-0.25, -0.2) is 18.2 Å². The number of carbonyl (C=O) groups excluding carboxylic acids is 5. The zero-order valence-electron chi connectivity index (χ0n) is 33.0. The average molecular weight is 796 g/mol. The number of fused-ring (bicyclic) bond motifs is 1. The molecule has 15 nitrogen and oxygen atoms in total. The minimum absolute atomic E-state index is 0.0466. The molecule has 1 saturated heterocycles. The minimum atomic E-state index is -3.94. The fourth-order valence-electron chi connectivity index (χ4n) is 6.52. The number of likely N-dealkylation sites (tertiary alicyclic amines) is 1. The number of rotatable bonds is 15. The van der Waals surface area contributed by atoms with Crippen LogP contribution in [0.15, 0.2) is 55.3 Å². The molecule has 0 unspecified atom stereocenters. The zero-order valence-corrected chi connectivity index (χ0v) is 33.9. The first-order chi connectivity index (χ1) is 26.1. The third-order valence-corrected chi connectivity index (χ3v) is 11.6. The first-order valence-corrected chi connectivity index (χ1v) is 20.3. The molecule has 2 saturated carbocycles. The summed E-state index contributed by atoms with van der Waals surface area (Å²) in [6.45, 7) is 14.4. The highest BCUT2D eigenvalue weighted by atomic mass is 32.2. The van der Waals surface area contributed by atoms with E-state index in [9.17, 15) is 32.4 Å². The van der Waals surface area contributed by atoms with E-state index < -0.39 is 74.3 Å². The van der Waals surface area contributed by atoms with Gasteiger partial charge in [-0.2, -0.15) is 0 Å². The largest absolute Gasteiger partial charge is 0.497 e. The Labute approximate surface area is 328 Å². The molecule has 304 valence electrons. The number of carbonyl (C=O) groups is 5. The molecule has 3 fully saturated rings. The second-order valence-corrected chi connectivity index (χ2v) is 18.7. The van der Waals surface area contributed by atoms with Gasteiger partial charge in [-0.1, -0.05) is 32.9 Å². The van der Waals surface area contributed by atoms with Crippen molar-refractivity contribution in [1.29, 1.82) is 0 Å². The van der Waals surface area contributed by atoms with Crippen molar-refractivity contribution in [2.45, 2.75) is 115 Å². The van der Waals surface area contributed by atoms with Crippen molar-refractivity contribution in [2.75, 3.05) is 13.7 Å². The van der Waals surface area contributed by atoms with Crippen molar-refractivity contribution in [3.63, 3.8) is 0 Å². The van der Waals surface area contributed by atoms with Crippen molar-refractivity contribution < 1.29 is 46.6 Å². The van der Waals surface area contributed by atoms with Gasteiger partial charge in [0.2, 0.25) is 27.7 Å². The Morgan fingerprint density at radius 3 is 2.41 bits per heavy atom. The monoisotopic (exact) mass is 795 g/mol. The van der Waals surface area contributed by atoms with E-state index in [0.717, 1.165) is 5.39 Å². The third-order valence-electron chi connectivity index (χ3n) is 9.75. The molecule has 56 heavy (non-hydrogen) atoms. The first-order valence-electron chi connectivity index (χ1n) is 18.8. The fourth-order valence-corrected chi connectivity index (χ4v) is 7.89. The maximum Gasteiger partial charge on any atom is 0.408 e. The number of nitrogens with zero attached hydrogens (tertiary/aromatic N) is 2. The average Bonchev–Trinajstić information content (AvgIpc) is 4.04. The van der Waals surface area contributed by atoms with Crippen LogP contribution in [0.1, 0.15) is 80.1 Å². The standard InChI is InChI=1S/C40H53N5O10S/c1-9-25-22-40(25,36(49)44-56(51,52)29-12-13-29)43-33(47)32-21-28(54-34-30-14-11-27(53-8)20-24(30)17-19-41-34)23-45(32)35(48)31(42-37(50)55-39(5,6)7)15-10-26(46)16-18-38(2,3)4/h9,11,14,16-20,25,28-29,31-32H,1,10,12-13,15,21-23H2,2-8H3,(H,42,50)(H,43,47)(H,44,49)/b18-16+/t25-,28-,31+,32+,40-/m1/s1. The third kappa shape index (κ3) is 10.4. The van der Waals surface area contributed by atoms with Gasteiger partial charge in [0.1, 0.15) is 35.1 Å². The van der Waals surface area contributed by atoms with Crippen LogP contribution in [0.5, 0.6) is 11.6 Å². The summed E-state index contributed by atoms with van der Waals surface area (Å²) in [6, 6.07) is 4.60. The van der Waals surface area contributed by atoms with Gasteiger partial charge in [-0.3, -0.25) is 23.9 Å². The Morgan fingerprint density at radius 2 is 1.80 bits per heavy atom. The number of pyridine rings is 1. The zero-order chi connectivity index (χ0) is 41.2. The molecule has 2 aromatic rings. The molecule has 2 aliphatic carbocycles. The van der Waals surface area contributed by atoms with Crippen molar-refractivity contribution >= 4 is 50.4 Å². The van der Waals surface area contributed by atoms with Crippen molar-refractivity contribution in [1.82, 2.24) is 25.2 Å². The number of alkyl carbamates (subject to hydrolysis) is 1. The number of hydrogen-bond donors (Lipinski definition) is 3. The number of aromatic nitrogens is 1. The van der Waals surface area contributed by atoms with Crippen LogP contribution in [-0.4, -0.2) is 96.1 Å². The number of methoxy groups -OCH3 is 1. The number of nitrogens with one attached hydrogen (secondary N) is 3. The van der Waals surface area contributed by atoms with E-state index in [1.165, 1.54) is 17.1 Å². The number of hydrogen-bond acceptors (Lipinski definition) is 11. The molecule has 1 aromatic heterocycles. The predicted molar refractivity (Wildman–Crippen MR) is 208 cm³/mol. The topological polar surface area (TPSA) is 199 Å².